The molecule has 90 valence electrons. The maximum atomic E-state index is 5.97. The van der Waals surface area contributed by atoms with Crippen molar-refractivity contribution in [2.24, 2.45) is 0 Å². The third kappa shape index (κ3) is 2.62. The molecule has 2 aromatic rings. The standard InChI is InChI=1S/C13H14ClNO2/c1-15-8-10-4-6-12(17-10)9-3-5-11(14)13(7-9)16-2/h3-7,15H,8H2,1-2H3. The molecule has 3 nitrogen and oxygen atoms in total. The second-order valence-electron chi connectivity index (χ2n) is 3.65. The molecule has 1 heterocycles. The first-order valence-electron chi connectivity index (χ1n) is 5.32. The van der Waals surface area contributed by atoms with Crippen LogP contribution in [-0.2, 0) is 6.54 Å². The zero-order valence-corrected chi connectivity index (χ0v) is 10.5. The average molecular weight is 252 g/mol. The summed E-state index contributed by atoms with van der Waals surface area (Å²) in [4.78, 5) is 0. The van der Waals surface area contributed by atoms with Gasteiger partial charge in [0.2, 0.25) is 0 Å². The number of ether oxygens (including phenoxy) is 1. The van der Waals surface area contributed by atoms with Crippen LogP contribution in [0.5, 0.6) is 5.75 Å². The van der Waals surface area contributed by atoms with Crippen LogP contribution in [0.2, 0.25) is 5.02 Å². The molecule has 1 aromatic carbocycles. The van der Waals surface area contributed by atoms with Crippen molar-refractivity contribution in [2.45, 2.75) is 6.54 Å². The van der Waals surface area contributed by atoms with E-state index in [1.165, 1.54) is 0 Å². The minimum atomic E-state index is 0.596. The van der Waals surface area contributed by atoms with Gasteiger partial charge in [-0.05, 0) is 37.4 Å². The fourth-order valence-corrected chi connectivity index (χ4v) is 1.81. The van der Waals surface area contributed by atoms with Gasteiger partial charge in [-0.25, -0.2) is 0 Å². The quantitative estimate of drug-likeness (QED) is 0.905. The van der Waals surface area contributed by atoms with Crippen LogP contribution < -0.4 is 10.1 Å². The summed E-state index contributed by atoms with van der Waals surface area (Å²) < 4.78 is 10.9. The van der Waals surface area contributed by atoms with E-state index >= 15 is 0 Å². The highest BCUT2D eigenvalue weighted by Gasteiger charge is 2.07. The van der Waals surface area contributed by atoms with Crippen molar-refractivity contribution in [3.8, 4) is 17.1 Å². The molecular weight excluding hydrogens is 238 g/mol. The Hall–Kier alpha value is -1.45. The summed E-state index contributed by atoms with van der Waals surface area (Å²) in [6.07, 6.45) is 0. The summed E-state index contributed by atoms with van der Waals surface area (Å²) in [5.41, 5.74) is 0.952. The van der Waals surface area contributed by atoms with Crippen molar-refractivity contribution in [2.75, 3.05) is 14.2 Å². The number of halogens is 1. The third-order valence-corrected chi connectivity index (χ3v) is 2.76. The second-order valence-corrected chi connectivity index (χ2v) is 4.05. The first kappa shape index (κ1) is 12.0. The lowest BCUT2D eigenvalue weighted by atomic mass is 10.1. The van der Waals surface area contributed by atoms with Gasteiger partial charge in [-0.15, -0.1) is 0 Å². The topological polar surface area (TPSA) is 34.4 Å². The van der Waals surface area contributed by atoms with Gasteiger partial charge in [0.25, 0.3) is 0 Å². The molecule has 4 heteroatoms. The summed E-state index contributed by atoms with van der Waals surface area (Å²) >= 11 is 5.97. The molecule has 0 saturated carbocycles. The van der Waals surface area contributed by atoms with Crippen LogP contribution in [0.25, 0.3) is 11.3 Å². The van der Waals surface area contributed by atoms with Crippen molar-refractivity contribution in [3.63, 3.8) is 0 Å². The molecule has 0 fully saturated rings. The van der Waals surface area contributed by atoms with Crippen molar-refractivity contribution >= 4 is 11.6 Å². The number of rotatable bonds is 4. The fraction of sp³-hybridized carbons (Fsp3) is 0.231. The van der Waals surface area contributed by atoms with Gasteiger partial charge in [-0.1, -0.05) is 11.6 Å². The van der Waals surface area contributed by atoms with Crippen molar-refractivity contribution in [3.05, 3.63) is 41.1 Å². The van der Waals surface area contributed by atoms with Crippen LogP contribution in [-0.4, -0.2) is 14.2 Å². The van der Waals surface area contributed by atoms with E-state index in [0.717, 1.165) is 17.1 Å². The molecule has 1 N–H and O–H groups in total. The van der Waals surface area contributed by atoms with Gasteiger partial charge in [0.15, 0.2) is 0 Å². The number of nitrogens with one attached hydrogen (secondary N) is 1. The Morgan fingerprint density at radius 2 is 2.12 bits per heavy atom. The Morgan fingerprint density at radius 1 is 1.29 bits per heavy atom. The van der Waals surface area contributed by atoms with E-state index in [2.05, 4.69) is 5.32 Å². The van der Waals surface area contributed by atoms with E-state index in [4.69, 9.17) is 20.8 Å². The highest BCUT2D eigenvalue weighted by molar-refractivity contribution is 6.32. The molecule has 0 radical (unpaired) electrons. The normalized spacial score (nSPS) is 10.5. The summed E-state index contributed by atoms with van der Waals surface area (Å²) in [6, 6.07) is 9.47. The van der Waals surface area contributed by atoms with Gasteiger partial charge < -0.3 is 14.5 Å². The van der Waals surface area contributed by atoms with Crippen LogP contribution in [0.4, 0.5) is 0 Å². The first-order valence-corrected chi connectivity index (χ1v) is 5.69. The van der Waals surface area contributed by atoms with Gasteiger partial charge in [0, 0.05) is 5.56 Å². The van der Waals surface area contributed by atoms with Gasteiger partial charge in [0.1, 0.15) is 17.3 Å². The molecule has 2 rings (SSSR count). The molecule has 0 amide bonds. The number of methoxy groups -OCH3 is 1. The lowest BCUT2D eigenvalue weighted by molar-refractivity contribution is 0.415. The van der Waals surface area contributed by atoms with Crippen LogP contribution in [0, 0.1) is 0 Å². The van der Waals surface area contributed by atoms with E-state index in [0.29, 0.717) is 17.3 Å². The first-order chi connectivity index (χ1) is 8.24. The van der Waals surface area contributed by atoms with Gasteiger partial charge in [0.05, 0.1) is 18.7 Å². The lowest BCUT2D eigenvalue weighted by Gasteiger charge is -2.04. The van der Waals surface area contributed by atoms with E-state index in [1.807, 2.05) is 31.3 Å². The monoisotopic (exact) mass is 251 g/mol. The van der Waals surface area contributed by atoms with E-state index in [1.54, 1.807) is 13.2 Å². The summed E-state index contributed by atoms with van der Waals surface area (Å²) in [5, 5.41) is 3.64. The zero-order chi connectivity index (χ0) is 12.3. The minimum absolute atomic E-state index is 0.596. The number of hydrogen-bond donors (Lipinski definition) is 1. The molecular formula is C13H14ClNO2. The Bertz CT molecular complexity index is 508. The average Bonchev–Trinajstić information content (AvgIpc) is 2.79. The molecule has 1 aromatic heterocycles. The summed E-state index contributed by atoms with van der Waals surface area (Å²) in [7, 11) is 3.48. The zero-order valence-electron chi connectivity index (χ0n) is 9.79. The number of benzene rings is 1. The smallest absolute Gasteiger partial charge is 0.138 e. The van der Waals surface area contributed by atoms with E-state index in [-0.39, 0.29) is 0 Å². The Kier molecular flexibility index (Phi) is 3.71. The Morgan fingerprint density at radius 3 is 2.82 bits per heavy atom. The largest absolute Gasteiger partial charge is 0.495 e. The summed E-state index contributed by atoms with van der Waals surface area (Å²) in [6.45, 7) is 0.713. The van der Waals surface area contributed by atoms with E-state index < -0.39 is 0 Å². The van der Waals surface area contributed by atoms with Crippen LogP contribution in [0.15, 0.2) is 34.7 Å². The van der Waals surface area contributed by atoms with Crippen molar-refractivity contribution in [1.29, 1.82) is 0 Å². The molecule has 0 atom stereocenters. The maximum Gasteiger partial charge on any atom is 0.138 e. The SMILES string of the molecule is CNCc1ccc(-c2ccc(Cl)c(OC)c2)o1. The molecule has 0 bridgehead atoms. The molecule has 0 unspecified atom stereocenters. The van der Waals surface area contributed by atoms with E-state index in [9.17, 15) is 0 Å². The van der Waals surface area contributed by atoms with Gasteiger partial charge in [-0.3, -0.25) is 0 Å². The van der Waals surface area contributed by atoms with Crippen LogP contribution >= 0.6 is 11.6 Å². The predicted molar refractivity (Wildman–Crippen MR) is 68.5 cm³/mol. The molecule has 0 aliphatic carbocycles. The highest BCUT2D eigenvalue weighted by Crippen LogP contribution is 2.31. The Balaban J connectivity index is 2.32. The highest BCUT2D eigenvalue weighted by atomic mass is 35.5. The van der Waals surface area contributed by atoms with Gasteiger partial charge >= 0.3 is 0 Å². The maximum absolute atomic E-state index is 5.97. The van der Waals surface area contributed by atoms with Crippen LogP contribution in [0.3, 0.4) is 0 Å². The molecule has 0 aliphatic heterocycles. The fourth-order valence-electron chi connectivity index (χ4n) is 1.62. The number of furan rings is 1. The molecule has 0 aliphatic rings. The van der Waals surface area contributed by atoms with Crippen molar-refractivity contribution < 1.29 is 9.15 Å². The lowest BCUT2D eigenvalue weighted by Crippen LogP contribution is -2.03. The second kappa shape index (κ2) is 5.25. The van der Waals surface area contributed by atoms with Gasteiger partial charge in [-0.2, -0.15) is 0 Å². The predicted octanol–water partition coefficient (Wildman–Crippen LogP) is 3.33. The molecule has 17 heavy (non-hydrogen) atoms. The summed E-state index contributed by atoms with van der Waals surface area (Å²) in [5.74, 6) is 2.36. The minimum Gasteiger partial charge on any atom is -0.495 e. The molecule has 0 spiro atoms. The van der Waals surface area contributed by atoms with Crippen LogP contribution in [0.1, 0.15) is 5.76 Å². The third-order valence-electron chi connectivity index (χ3n) is 2.45. The molecule has 0 saturated heterocycles. The number of hydrogen-bond acceptors (Lipinski definition) is 3. The Labute approximate surface area is 105 Å². The van der Waals surface area contributed by atoms with Crippen molar-refractivity contribution in [1.82, 2.24) is 5.32 Å².